The summed E-state index contributed by atoms with van der Waals surface area (Å²) in [5, 5.41) is 5.40. The minimum Gasteiger partial charge on any atom is -0.494 e. The number of benzene rings is 2. The molecule has 0 aliphatic heterocycles. The van der Waals surface area contributed by atoms with Crippen LogP contribution in [0.25, 0.3) is 0 Å². The molecule has 0 unspecified atom stereocenters. The van der Waals surface area contributed by atoms with Gasteiger partial charge in [0.15, 0.2) is 0 Å². The number of nitrogens with one attached hydrogen (secondary N) is 2. The molecule has 0 fully saturated rings. The lowest BCUT2D eigenvalue weighted by Gasteiger charge is -2.09. The molecule has 6 nitrogen and oxygen atoms in total. The number of amides is 2. The van der Waals surface area contributed by atoms with Crippen molar-refractivity contribution in [1.82, 2.24) is 0 Å². The molecule has 0 aliphatic rings. The van der Waals surface area contributed by atoms with Crippen molar-refractivity contribution in [3.63, 3.8) is 0 Å². The summed E-state index contributed by atoms with van der Waals surface area (Å²) in [6.45, 7) is 2.47. The summed E-state index contributed by atoms with van der Waals surface area (Å²) in [5.41, 5.74) is 1.81. The first-order chi connectivity index (χ1) is 11.6. The third-order valence-corrected chi connectivity index (χ3v) is 2.71. The van der Waals surface area contributed by atoms with Crippen LogP contribution < -0.4 is 15.4 Å². The third kappa shape index (κ3) is 6.93. The molecule has 2 aromatic carbocycles. The Morgan fingerprint density at radius 2 is 1.67 bits per heavy atom. The zero-order chi connectivity index (χ0) is 17.8. The Balaban J connectivity index is 0.000000891. The van der Waals surface area contributed by atoms with Gasteiger partial charge in [0.2, 0.25) is 0 Å². The van der Waals surface area contributed by atoms with Crippen LogP contribution in [0.5, 0.6) is 5.75 Å². The van der Waals surface area contributed by atoms with Crippen molar-refractivity contribution in [3.8, 4) is 5.75 Å². The highest BCUT2D eigenvalue weighted by molar-refractivity contribution is 6.00. The van der Waals surface area contributed by atoms with Gasteiger partial charge in [-0.2, -0.15) is 0 Å². The van der Waals surface area contributed by atoms with Gasteiger partial charge in [0.05, 0.1) is 6.61 Å². The van der Waals surface area contributed by atoms with Crippen LogP contribution in [-0.2, 0) is 4.74 Å². The van der Waals surface area contributed by atoms with Crippen molar-refractivity contribution in [3.05, 3.63) is 54.1 Å². The molecule has 0 heterocycles. The van der Waals surface area contributed by atoms with Gasteiger partial charge in [-0.3, -0.25) is 4.79 Å². The van der Waals surface area contributed by atoms with Crippen LogP contribution in [-0.4, -0.2) is 33.1 Å². The number of hydrogen-bond acceptors (Lipinski definition) is 4. The van der Waals surface area contributed by atoms with Gasteiger partial charge in [-0.05, 0) is 43.3 Å². The van der Waals surface area contributed by atoms with Crippen molar-refractivity contribution in [2.24, 2.45) is 0 Å². The Hall–Kier alpha value is -2.86. The lowest BCUT2D eigenvalue weighted by atomic mass is 10.2. The molecule has 6 heteroatoms. The van der Waals surface area contributed by atoms with E-state index >= 15 is 0 Å². The second kappa shape index (κ2) is 10.8. The van der Waals surface area contributed by atoms with E-state index in [1.807, 2.05) is 13.0 Å². The van der Waals surface area contributed by atoms with Gasteiger partial charge in [-0.15, -0.1) is 0 Å². The fourth-order valence-electron chi connectivity index (χ4n) is 1.77. The van der Waals surface area contributed by atoms with Gasteiger partial charge in [0.1, 0.15) is 12.0 Å². The molecule has 0 aromatic heterocycles. The lowest BCUT2D eigenvalue weighted by Crippen LogP contribution is -2.19. The van der Waals surface area contributed by atoms with E-state index in [2.05, 4.69) is 15.4 Å². The maximum Gasteiger partial charge on any atom is 0.323 e. The van der Waals surface area contributed by atoms with Crippen LogP contribution in [0.1, 0.15) is 17.3 Å². The monoisotopic (exact) mass is 330 g/mol. The van der Waals surface area contributed by atoms with Gasteiger partial charge < -0.3 is 20.1 Å². The Morgan fingerprint density at radius 3 is 2.25 bits per heavy atom. The largest absolute Gasteiger partial charge is 0.494 e. The van der Waals surface area contributed by atoms with E-state index in [9.17, 15) is 9.59 Å². The molecule has 0 saturated heterocycles. The Morgan fingerprint density at radius 1 is 1.04 bits per heavy atom. The molecule has 24 heavy (non-hydrogen) atoms. The molecule has 0 spiro atoms. The van der Waals surface area contributed by atoms with E-state index in [0.717, 1.165) is 6.29 Å². The predicted octanol–water partition coefficient (Wildman–Crippen LogP) is 3.80. The highest BCUT2D eigenvalue weighted by Gasteiger charge is 2.03. The SMILES string of the molecule is CCOc1cccc(NC(=O)Nc2ccc(C=O)cc2)c1.COC. The molecule has 0 saturated carbocycles. The normalized spacial score (nSPS) is 9.29. The van der Waals surface area contributed by atoms with Crippen molar-refractivity contribution in [1.29, 1.82) is 0 Å². The highest BCUT2D eigenvalue weighted by atomic mass is 16.5. The number of rotatable bonds is 5. The predicted molar refractivity (Wildman–Crippen MR) is 95.0 cm³/mol. The molecule has 0 bridgehead atoms. The molecule has 2 N–H and O–H groups in total. The Kier molecular flexibility index (Phi) is 8.63. The van der Waals surface area contributed by atoms with E-state index in [1.54, 1.807) is 56.7 Å². The number of methoxy groups -OCH3 is 1. The summed E-state index contributed by atoms with van der Waals surface area (Å²) < 4.78 is 9.62. The van der Waals surface area contributed by atoms with Crippen LogP contribution in [0.2, 0.25) is 0 Å². The van der Waals surface area contributed by atoms with E-state index in [4.69, 9.17) is 4.74 Å². The van der Waals surface area contributed by atoms with E-state index in [1.165, 1.54) is 0 Å². The number of urea groups is 1. The second-order valence-corrected chi connectivity index (χ2v) is 4.69. The molecule has 0 radical (unpaired) electrons. The van der Waals surface area contributed by atoms with Gasteiger partial charge in [0.25, 0.3) is 0 Å². The molecule has 2 amide bonds. The maximum atomic E-state index is 11.9. The third-order valence-electron chi connectivity index (χ3n) is 2.71. The average molecular weight is 330 g/mol. The fraction of sp³-hybridized carbons (Fsp3) is 0.222. The van der Waals surface area contributed by atoms with Crippen LogP contribution in [0.3, 0.4) is 0 Å². The Bertz CT molecular complexity index is 642. The second-order valence-electron chi connectivity index (χ2n) is 4.69. The highest BCUT2D eigenvalue weighted by Crippen LogP contribution is 2.17. The van der Waals surface area contributed by atoms with Crippen molar-refractivity contribution < 1.29 is 19.1 Å². The molecular formula is C18H22N2O4. The fourth-order valence-corrected chi connectivity index (χ4v) is 1.77. The number of carbonyl (C=O) groups is 2. The molecule has 0 atom stereocenters. The number of anilines is 2. The van der Waals surface area contributed by atoms with Gasteiger partial charge >= 0.3 is 6.03 Å². The molecule has 128 valence electrons. The molecule has 2 aromatic rings. The van der Waals surface area contributed by atoms with Gasteiger partial charge in [-0.1, -0.05) is 6.07 Å². The molecular weight excluding hydrogens is 308 g/mol. The maximum absolute atomic E-state index is 11.9. The first-order valence-electron chi connectivity index (χ1n) is 7.39. The van der Waals surface area contributed by atoms with E-state index in [-0.39, 0.29) is 6.03 Å². The topological polar surface area (TPSA) is 76.7 Å². The smallest absolute Gasteiger partial charge is 0.323 e. The van der Waals surface area contributed by atoms with Crippen molar-refractivity contribution in [2.75, 3.05) is 31.5 Å². The van der Waals surface area contributed by atoms with Crippen LogP contribution in [0.4, 0.5) is 16.2 Å². The average Bonchev–Trinajstić information content (AvgIpc) is 2.57. The standard InChI is InChI=1S/C16H16N2O3.C2H6O/c1-2-21-15-5-3-4-14(10-15)18-16(20)17-13-8-6-12(11-19)7-9-13;1-3-2/h3-11H,2H2,1H3,(H2,17,18,20);1-2H3. The van der Waals surface area contributed by atoms with Crippen LogP contribution in [0.15, 0.2) is 48.5 Å². The van der Waals surface area contributed by atoms with Crippen molar-refractivity contribution in [2.45, 2.75) is 6.92 Å². The summed E-state index contributed by atoms with van der Waals surface area (Å²) in [6.07, 6.45) is 0.753. The minimum atomic E-state index is -0.359. The van der Waals surface area contributed by atoms with Crippen LogP contribution >= 0.6 is 0 Å². The first-order valence-corrected chi connectivity index (χ1v) is 7.39. The summed E-state index contributed by atoms with van der Waals surface area (Å²) >= 11 is 0. The van der Waals surface area contributed by atoms with Crippen molar-refractivity contribution >= 4 is 23.7 Å². The summed E-state index contributed by atoms with van der Waals surface area (Å²) in [6, 6.07) is 13.4. The number of hydrogen-bond donors (Lipinski definition) is 2. The Labute approximate surface area is 141 Å². The van der Waals surface area contributed by atoms with Gasteiger partial charge in [-0.25, -0.2) is 4.79 Å². The molecule has 2 rings (SSSR count). The van der Waals surface area contributed by atoms with E-state index < -0.39 is 0 Å². The minimum absolute atomic E-state index is 0.359. The number of carbonyl (C=O) groups excluding carboxylic acids is 2. The number of aldehydes is 1. The lowest BCUT2D eigenvalue weighted by molar-refractivity contribution is 0.112. The zero-order valence-corrected chi connectivity index (χ0v) is 14.0. The number of ether oxygens (including phenoxy) is 2. The summed E-state index contributed by atoms with van der Waals surface area (Å²) in [4.78, 5) is 22.4. The quantitative estimate of drug-likeness (QED) is 0.818. The van der Waals surface area contributed by atoms with E-state index in [0.29, 0.717) is 29.3 Å². The van der Waals surface area contributed by atoms with Gasteiger partial charge in [0, 0.05) is 37.2 Å². The molecule has 0 aliphatic carbocycles. The summed E-state index contributed by atoms with van der Waals surface area (Å²) in [5.74, 6) is 0.700. The summed E-state index contributed by atoms with van der Waals surface area (Å²) in [7, 11) is 3.25. The van der Waals surface area contributed by atoms with Crippen LogP contribution in [0, 0.1) is 0 Å². The first kappa shape index (κ1) is 19.2. The zero-order valence-electron chi connectivity index (χ0n) is 14.0.